The van der Waals surface area contributed by atoms with Gasteiger partial charge < -0.3 is 4.57 Å². The molecule has 50 heavy (non-hydrogen) atoms. The number of benzene rings is 6. The third-order valence-corrected chi connectivity index (χ3v) is 14.4. The van der Waals surface area contributed by atoms with Crippen LogP contribution in [0.4, 0.5) is 0 Å². The summed E-state index contributed by atoms with van der Waals surface area (Å²) in [6.07, 6.45) is 7.16. The van der Waals surface area contributed by atoms with Crippen molar-refractivity contribution in [1.29, 1.82) is 0 Å². The van der Waals surface area contributed by atoms with Gasteiger partial charge in [0.2, 0.25) is 0 Å². The zero-order chi connectivity index (χ0) is 32.9. The lowest BCUT2D eigenvalue weighted by atomic mass is 9.43. The minimum Gasteiger partial charge on any atom is -0.309 e. The lowest BCUT2D eigenvalue weighted by Crippen LogP contribution is -2.55. The van der Waals surface area contributed by atoms with Crippen molar-refractivity contribution in [1.82, 2.24) is 4.57 Å². The molecule has 0 unspecified atom stereocenters. The zero-order valence-corrected chi connectivity index (χ0v) is 28.9. The van der Waals surface area contributed by atoms with Crippen LogP contribution in [0.2, 0.25) is 0 Å². The molecule has 4 fully saturated rings. The first-order valence-corrected chi connectivity index (χ1v) is 19.0. The maximum atomic E-state index is 2.64. The molecule has 1 nitrogen and oxygen atoms in total. The van der Waals surface area contributed by atoms with Crippen LogP contribution in [0.15, 0.2) is 127 Å². The summed E-state index contributed by atoms with van der Waals surface area (Å²) in [5.74, 6) is 3.46. The van der Waals surface area contributed by atoms with Gasteiger partial charge in [0.1, 0.15) is 0 Å². The van der Waals surface area contributed by atoms with Crippen LogP contribution in [0.5, 0.6) is 0 Å². The van der Waals surface area contributed by atoms with Crippen molar-refractivity contribution in [2.24, 2.45) is 23.7 Å². The fraction of sp³-hybridized carbons (Fsp3) is 0.265. The highest BCUT2D eigenvalue weighted by Gasteiger charge is 2.61. The van der Waals surface area contributed by atoms with E-state index in [0.29, 0.717) is 0 Å². The molecule has 13 rings (SSSR count). The minimum absolute atomic E-state index is 0.00660. The maximum absolute atomic E-state index is 2.64. The van der Waals surface area contributed by atoms with Gasteiger partial charge in [-0.25, -0.2) is 0 Å². The standard InChI is InChI=1S/C49H41N/c1-48(2)42-12-6-3-10-37(42)40-28-35(17-19-43(40)48)50-46-14-8-5-11-39(46)41-26-31(16-20-47(41)50)32-15-18-38-36-9-4-7-13-44(36)49(45(38)27-32)33-22-29-21-30(24-33)25-34(49)23-29/h3-20,26-30,33-34H,21-25H2,1-2H3. The van der Waals surface area contributed by atoms with Gasteiger partial charge in [-0.1, -0.05) is 105 Å². The molecule has 6 aromatic carbocycles. The summed E-state index contributed by atoms with van der Waals surface area (Å²) in [6, 6.07) is 49.4. The normalized spacial score (nSPS) is 26.0. The van der Waals surface area contributed by atoms with Gasteiger partial charge in [0.05, 0.1) is 11.0 Å². The molecule has 6 aliphatic carbocycles. The van der Waals surface area contributed by atoms with Gasteiger partial charge in [-0.2, -0.15) is 0 Å². The number of para-hydroxylation sites is 1. The van der Waals surface area contributed by atoms with Crippen LogP contribution < -0.4 is 0 Å². The molecule has 7 aromatic rings. The Morgan fingerprint density at radius 3 is 1.86 bits per heavy atom. The van der Waals surface area contributed by atoms with E-state index >= 15 is 0 Å². The number of hydrogen-bond acceptors (Lipinski definition) is 0. The first kappa shape index (κ1) is 27.9. The van der Waals surface area contributed by atoms with Crippen molar-refractivity contribution < 1.29 is 0 Å². The van der Waals surface area contributed by atoms with Crippen molar-refractivity contribution in [3.8, 4) is 39.1 Å². The number of fused-ring (bicyclic) bond motifs is 9. The third kappa shape index (κ3) is 3.35. The van der Waals surface area contributed by atoms with Gasteiger partial charge in [0.15, 0.2) is 0 Å². The quantitative estimate of drug-likeness (QED) is 0.177. The van der Waals surface area contributed by atoms with E-state index in [4.69, 9.17) is 0 Å². The van der Waals surface area contributed by atoms with Gasteiger partial charge in [-0.3, -0.25) is 0 Å². The van der Waals surface area contributed by atoms with Crippen LogP contribution in [0.25, 0.3) is 60.9 Å². The fourth-order valence-electron chi connectivity index (χ4n) is 12.6. The van der Waals surface area contributed by atoms with Crippen molar-refractivity contribution in [2.45, 2.75) is 56.8 Å². The second kappa shape index (κ2) is 9.46. The number of rotatable bonds is 2. The molecule has 1 heteroatoms. The molecule has 4 saturated carbocycles. The molecule has 1 heterocycles. The molecule has 0 radical (unpaired) electrons. The first-order chi connectivity index (χ1) is 24.5. The average molecular weight is 644 g/mol. The van der Waals surface area contributed by atoms with E-state index in [1.165, 1.54) is 104 Å². The highest BCUT2D eigenvalue weighted by molar-refractivity contribution is 6.10. The fourth-order valence-corrected chi connectivity index (χ4v) is 12.6. The SMILES string of the molecule is CC1(C)c2ccccc2-c2cc(-n3c4ccccc4c4cc(-c5ccc6c(c5)C5(c7ccccc7-6)C6CC7CC(C6)CC5C7)ccc43)ccc21. The topological polar surface area (TPSA) is 4.93 Å². The Labute approximate surface area is 294 Å². The molecule has 242 valence electrons. The van der Waals surface area contributed by atoms with E-state index in [0.717, 1.165) is 23.7 Å². The lowest BCUT2D eigenvalue weighted by molar-refractivity contribution is -0.0399. The van der Waals surface area contributed by atoms with E-state index < -0.39 is 0 Å². The summed E-state index contributed by atoms with van der Waals surface area (Å²) in [6.45, 7) is 4.73. The van der Waals surface area contributed by atoms with Gasteiger partial charge in [0.25, 0.3) is 0 Å². The summed E-state index contributed by atoms with van der Waals surface area (Å²) in [7, 11) is 0. The monoisotopic (exact) mass is 643 g/mol. The zero-order valence-electron chi connectivity index (χ0n) is 28.9. The Morgan fingerprint density at radius 2 is 1.06 bits per heavy atom. The Hall–Kier alpha value is -4.88. The minimum atomic E-state index is 0.00660. The molecular formula is C49H41N. The summed E-state index contributed by atoms with van der Waals surface area (Å²) >= 11 is 0. The average Bonchev–Trinajstić information content (AvgIpc) is 3.71. The van der Waals surface area contributed by atoms with Crippen LogP contribution in [-0.4, -0.2) is 4.57 Å². The van der Waals surface area contributed by atoms with Crippen molar-refractivity contribution in [3.05, 3.63) is 150 Å². The first-order valence-electron chi connectivity index (χ1n) is 19.0. The van der Waals surface area contributed by atoms with Crippen molar-refractivity contribution in [2.75, 3.05) is 0 Å². The Balaban J connectivity index is 1.03. The second-order valence-corrected chi connectivity index (χ2v) is 17.0. The van der Waals surface area contributed by atoms with Gasteiger partial charge >= 0.3 is 0 Å². The predicted molar refractivity (Wildman–Crippen MR) is 207 cm³/mol. The van der Waals surface area contributed by atoms with Crippen LogP contribution in [0.3, 0.4) is 0 Å². The van der Waals surface area contributed by atoms with E-state index in [2.05, 4.69) is 146 Å². The number of aromatic nitrogens is 1. The summed E-state index contributed by atoms with van der Waals surface area (Å²) < 4.78 is 2.49. The highest BCUT2D eigenvalue weighted by atomic mass is 15.0. The molecule has 0 N–H and O–H groups in total. The lowest BCUT2D eigenvalue weighted by Gasteiger charge is -2.61. The molecule has 4 bridgehead atoms. The molecule has 6 aliphatic rings. The van der Waals surface area contributed by atoms with Crippen LogP contribution >= 0.6 is 0 Å². The van der Waals surface area contributed by atoms with Gasteiger partial charge in [-0.15, -0.1) is 0 Å². The summed E-state index contributed by atoms with van der Waals surface area (Å²) in [5, 5.41) is 2.64. The van der Waals surface area contributed by atoms with Crippen molar-refractivity contribution >= 4 is 21.8 Å². The molecule has 1 spiro atoms. The summed E-state index contributed by atoms with van der Waals surface area (Å²) in [5.41, 5.74) is 18.5. The van der Waals surface area contributed by atoms with E-state index in [9.17, 15) is 0 Å². The van der Waals surface area contributed by atoms with Crippen LogP contribution in [-0.2, 0) is 10.8 Å². The van der Waals surface area contributed by atoms with Gasteiger partial charge in [-0.05, 0) is 148 Å². The highest BCUT2D eigenvalue weighted by Crippen LogP contribution is 2.69. The molecule has 0 atom stereocenters. The Kier molecular flexibility index (Phi) is 5.28. The van der Waals surface area contributed by atoms with Crippen molar-refractivity contribution in [3.63, 3.8) is 0 Å². The number of hydrogen-bond donors (Lipinski definition) is 0. The van der Waals surface area contributed by atoms with Gasteiger partial charge in [0, 0.05) is 27.3 Å². The van der Waals surface area contributed by atoms with E-state index in [-0.39, 0.29) is 10.8 Å². The summed E-state index contributed by atoms with van der Waals surface area (Å²) in [4.78, 5) is 0. The molecule has 0 amide bonds. The molecule has 0 saturated heterocycles. The Bertz CT molecular complexity index is 2560. The van der Waals surface area contributed by atoms with Crippen LogP contribution in [0.1, 0.15) is 68.2 Å². The predicted octanol–water partition coefficient (Wildman–Crippen LogP) is 12.5. The Morgan fingerprint density at radius 1 is 0.460 bits per heavy atom. The van der Waals surface area contributed by atoms with E-state index in [1.54, 1.807) is 11.1 Å². The number of nitrogens with zero attached hydrogens (tertiary/aromatic N) is 1. The molecular weight excluding hydrogens is 603 g/mol. The molecule has 0 aliphatic heterocycles. The second-order valence-electron chi connectivity index (χ2n) is 17.0. The van der Waals surface area contributed by atoms with Crippen LogP contribution in [0, 0.1) is 23.7 Å². The molecule has 1 aromatic heterocycles. The maximum Gasteiger partial charge on any atom is 0.0541 e. The smallest absolute Gasteiger partial charge is 0.0541 e. The third-order valence-electron chi connectivity index (χ3n) is 14.4. The van der Waals surface area contributed by atoms with E-state index in [1.807, 2.05) is 0 Å². The largest absolute Gasteiger partial charge is 0.309 e.